The maximum absolute atomic E-state index is 10.9. The highest BCUT2D eigenvalue weighted by Crippen LogP contribution is 2.32. The molecule has 0 saturated carbocycles. The second-order valence-electron chi connectivity index (χ2n) is 10.3. The Hall–Kier alpha value is -4.12. The lowest BCUT2D eigenvalue weighted by atomic mass is 9.82. The van der Waals surface area contributed by atoms with Gasteiger partial charge < -0.3 is 19.9 Å². The molecule has 3 heterocycles. The number of nitroso groups, excluding NO2 is 1. The van der Waals surface area contributed by atoms with Gasteiger partial charge in [-0.15, -0.1) is 4.91 Å². The zero-order chi connectivity index (χ0) is 26.4. The number of ether oxygens (including phenoxy) is 1. The van der Waals surface area contributed by atoms with Gasteiger partial charge in [0.05, 0.1) is 19.4 Å². The maximum atomic E-state index is 10.9. The summed E-state index contributed by atoms with van der Waals surface area (Å²) >= 11 is 0. The highest BCUT2D eigenvalue weighted by molar-refractivity contribution is 5.80. The molecule has 2 aliphatic rings. The van der Waals surface area contributed by atoms with E-state index in [9.17, 15) is 4.91 Å². The van der Waals surface area contributed by atoms with Crippen molar-refractivity contribution in [1.29, 1.82) is 0 Å². The summed E-state index contributed by atoms with van der Waals surface area (Å²) in [7, 11) is 0. The average Bonchev–Trinajstić information content (AvgIpc) is 2.94. The molecule has 2 fully saturated rings. The number of morpholine rings is 1. The molecule has 1 aromatic heterocycles. The van der Waals surface area contributed by atoms with Gasteiger partial charge in [0.15, 0.2) is 0 Å². The van der Waals surface area contributed by atoms with Crippen LogP contribution < -0.4 is 20.5 Å². The van der Waals surface area contributed by atoms with Gasteiger partial charge in [0.1, 0.15) is 5.69 Å². The highest BCUT2D eigenvalue weighted by Gasteiger charge is 2.25. The van der Waals surface area contributed by atoms with E-state index in [1.54, 1.807) is 24.4 Å². The van der Waals surface area contributed by atoms with Crippen molar-refractivity contribution >= 4 is 41.1 Å². The van der Waals surface area contributed by atoms with E-state index in [1.165, 1.54) is 18.5 Å². The van der Waals surface area contributed by atoms with Gasteiger partial charge in [0.25, 0.3) is 0 Å². The summed E-state index contributed by atoms with van der Waals surface area (Å²) in [5.41, 5.74) is 6.54. The number of nitrogens with zero attached hydrogens (tertiary/aromatic N) is 7. The quantitative estimate of drug-likeness (QED) is 0.245. The number of nitrogens with one attached hydrogen (secondary N) is 2. The maximum Gasteiger partial charge on any atom is 0.250 e. The summed E-state index contributed by atoms with van der Waals surface area (Å²) in [5, 5.41) is 10.5. The minimum Gasteiger partial charge on any atom is -0.378 e. The van der Waals surface area contributed by atoms with Crippen LogP contribution in [0.1, 0.15) is 32.3 Å². The molecule has 0 spiro atoms. The lowest BCUT2D eigenvalue weighted by Gasteiger charge is -2.38. The Kier molecular flexibility index (Phi) is 7.73. The molecule has 2 aromatic carbocycles. The Balaban J connectivity index is 1.28. The molecule has 3 aromatic rings. The van der Waals surface area contributed by atoms with E-state index in [1.807, 2.05) is 11.0 Å². The highest BCUT2D eigenvalue weighted by atomic mass is 16.5. The molecule has 0 atom stereocenters. The molecule has 2 saturated heterocycles. The van der Waals surface area contributed by atoms with Crippen LogP contribution in [0.3, 0.4) is 0 Å². The molecule has 2 N–H and O–H groups in total. The monoisotopic (exact) mass is 515 g/mol. The first-order valence-electron chi connectivity index (χ1n) is 12.9. The Morgan fingerprint density at radius 2 is 1.66 bits per heavy atom. The van der Waals surface area contributed by atoms with Gasteiger partial charge in [-0.25, -0.2) is 5.43 Å². The van der Waals surface area contributed by atoms with Crippen LogP contribution in [-0.2, 0) is 4.74 Å². The molecule has 0 aliphatic carbocycles. The number of aromatic nitrogens is 3. The third kappa shape index (κ3) is 6.60. The predicted octanol–water partition coefficient (Wildman–Crippen LogP) is 4.92. The SMILES string of the molecule is CC1(C)CCN(c2ccc(/C=N/Nc3nc(Nc4cccc(N=O)c4)nc(N4CCOCC4)n3)cc2)CC1. The lowest BCUT2D eigenvalue weighted by molar-refractivity contribution is 0.122. The first-order valence-corrected chi connectivity index (χ1v) is 12.9. The normalized spacial score (nSPS) is 17.4. The Labute approximate surface area is 222 Å². The van der Waals surface area contributed by atoms with E-state index in [-0.39, 0.29) is 0 Å². The number of benzene rings is 2. The summed E-state index contributed by atoms with van der Waals surface area (Å²) in [6.45, 7) is 9.42. The second-order valence-corrected chi connectivity index (χ2v) is 10.3. The summed E-state index contributed by atoms with van der Waals surface area (Å²) in [4.78, 5) is 29.0. The zero-order valence-corrected chi connectivity index (χ0v) is 21.8. The van der Waals surface area contributed by atoms with Gasteiger partial charge >= 0.3 is 0 Å². The standard InChI is InChI=1S/C27H33N9O2/c1-27(2)10-12-35(13-11-27)23-8-6-20(7-9-23)19-28-33-25-30-24(29-21-4-3-5-22(18-21)34-37)31-26(32-25)36-14-16-38-17-15-36/h3-9,18-19H,10-17H2,1-2H3,(H2,29,30,31,32,33)/b28-19+. The van der Waals surface area contributed by atoms with Crippen molar-refractivity contribution < 1.29 is 4.74 Å². The van der Waals surface area contributed by atoms with Crippen LogP contribution in [0.25, 0.3) is 0 Å². The van der Waals surface area contributed by atoms with E-state index >= 15 is 0 Å². The predicted molar refractivity (Wildman–Crippen MR) is 151 cm³/mol. The molecule has 11 nitrogen and oxygen atoms in total. The second kappa shape index (κ2) is 11.5. The Morgan fingerprint density at radius 3 is 2.39 bits per heavy atom. The van der Waals surface area contributed by atoms with Gasteiger partial charge in [-0.05, 0) is 59.3 Å². The van der Waals surface area contributed by atoms with Gasteiger partial charge in [-0.2, -0.15) is 20.1 Å². The van der Waals surface area contributed by atoms with Crippen LogP contribution >= 0.6 is 0 Å². The van der Waals surface area contributed by atoms with E-state index in [0.29, 0.717) is 60.9 Å². The van der Waals surface area contributed by atoms with Gasteiger partial charge in [-0.3, -0.25) is 0 Å². The van der Waals surface area contributed by atoms with Crippen molar-refractivity contribution in [3.8, 4) is 0 Å². The van der Waals surface area contributed by atoms with Crippen molar-refractivity contribution in [2.24, 2.45) is 15.7 Å². The van der Waals surface area contributed by atoms with E-state index < -0.39 is 0 Å². The minimum absolute atomic E-state index is 0.303. The first-order chi connectivity index (χ1) is 18.5. The zero-order valence-electron chi connectivity index (χ0n) is 21.8. The summed E-state index contributed by atoms with van der Waals surface area (Å²) in [5.74, 6) is 1.15. The van der Waals surface area contributed by atoms with E-state index in [2.05, 4.69) is 79.0 Å². The topological polar surface area (TPSA) is 120 Å². The number of piperidine rings is 1. The van der Waals surface area contributed by atoms with Crippen LogP contribution in [0.4, 0.5) is 34.9 Å². The van der Waals surface area contributed by atoms with Gasteiger partial charge in [0, 0.05) is 37.6 Å². The number of anilines is 5. The third-order valence-corrected chi connectivity index (χ3v) is 6.88. The van der Waals surface area contributed by atoms with Crippen molar-refractivity contribution in [1.82, 2.24) is 15.0 Å². The van der Waals surface area contributed by atoms with Crippen LogP contribution in [0, 0.1) is 10.3 Å². The Morgan fingerprint density at radius 1 is 0.921 bits per heavy atom. The molecule has 0 amide bonds. The first kappa shape index (κ1) is 25.5. The minimum atomic E-state index is 0.303. The van der Waals surface area contributed by atoms with Gasteiger partial charge in [0.2, 0.25) is 17.8 Å². The molecule has 198 valence electrons. The average molecular weight is 516 g/mol. The molecule has 5 rings (SSSR count). The summed E-state index contributed by atoms with van der Waals surface area (Å²) < 4.78 is 5.46. The van der Waals surface area contributed by atoms with Gasteiger partial charge in [-0.1, -0.05) is 32.0 Å². The fourth-order valence-electron chi connectivity index (χ4n) is 4.45. The molecule has 11 heteroatoms. The summed E-state index contributed by atoms with van der Waals surface area (Å²) in [6, 6.07) is 15.2. The number of rotatable bonds is 8. The third-order valence-electron chi connectivity index (χ3n) is 6.88. The number of hydrogen-bond acceptors (Lipinski definition) is 11. The number of hydrazone groups is 1. The molecule has 0 bridgehead atoms. The van der Waals surface area contributed by atoms with Crippen LogP contribution in [0.5, 0.6) is 0 Å². The molecule has 2 aliphatic heterocycles. The van der Waals surface area contributed by atoms with Crippen molar-refractivity contribution in [2.45, 2.75) is 26.7 Å². The van der Waals surface area contributed by atoms with Crippen LogP contribution in [0.2, 0.25) is 0 Å². The van der Waals surface area contributed by atoms with Crippen molar-refractivity contribution in [2.75, 3.05) is 59.9 Å². The van der Waals surface area contributed by atoms with E-state index in [0.717, 1.165) is 18.7 Å². The molecular weight excluding hydrogens is 482 g/mol. The fraction of sp³-hybridized carbons (Fsp3) is 0.407. The van der Waals surface area contributed by atoms with Crippen molar-refractivity contribution in [3.63, 3.8) is 0 Å². The van der Waals surface area contributed by atoms with Crippen LogP contribution in [-0.4, -0.2) is 60.6 Å². The molecule has 38 heavy (non-hydrogen) atoms. The van der Waals surface area contributed by atoms with Crippen molar-refractivity contribution in [3.05, 3.63) is 59.0 Å². The largest absolute Gasteiger partial charge is 0.378 e. The summed E-state index contributed by atoms with van der Waals surface area (Å²) in [6.07, 6.45) is 4.15. The number of hydrogen-bond donors (Lipinski definition) is 2. The molecule has 0 radical (unpaired) electrons. The lowest BCUT2D eigenvalue weighted by Crippen LogP contribution is -2.37. The van der Waals surface area contributed by atoms with Crippen LogP contribution in [0.15, 0.2) is 58.8 Å². The molecular formula is C27H33N9O2. The fourth-order valence-corrected chi connectivity index (χ4v) is 4.45. The smallest absolute Gasteiger partial charge is 0.250 e. The molecule has 0 unspecified atom stereocenters. The van der Waals surface area contributed by atoms with E-state index in [4.69, 9.17) is 4.74 Å². The Bertz CT molecular complexity index is 1260.